The number of carboxylic acid groups (broad SMARTS) is 1. The third-order valence-electron chi connectivity index (χ3n) is 3.13. The summed E-state index contributed by atoms with van der Waals surface area (Å²) in [5.41, 5.74) is 0. The van der Waals surface area contributed by atoms with Gasteiger partial charge in [0.1, 0.15) is 6.54 Å². The van der Waals surface area contributed by atoms with Crippen LogP contribution >= 0.6 is 11.3 Å². The Hall–Kier alpha value is -1.56. The zero-order valence-corrected chi connectivity index (χ0v) is 13.0. The molecule has 1 N–H and O–H groups in total. The minimum Gasteiger partial charge on any atom is -0.480 e. The first kappa shape index (κ1) is 16.5. The van der Waals surface area contributed by atoms with E-state index in [1.165, 1.54) is 9.78 Å². The molecular formula is C14H22N2O3S. The van der Waals surface area contributed by atoms with Crippen LogP contribution in [0, 0.1) is 0 Å². The van der Waals surface area contributed by atoms with Crippen molar-refractivity contribution < 1.29 is 14.7 Å². The number of likely N-dealkylation sites (N-methyl/N-ethyl adjacent to an activating group) is 1. The summed E-state index contributed by atoms with van der Waals surface area (Å²) < 4.78 is 0. The van der Waals surface area contributed by atoms with Gasteiger partial charge in [-0.15, -0.1) is 11.3 Å². The Kier molecular flexibility index (Phi) is 6.51. The lowest BCUT2D eigenvalue weighted by molar-refractivity contribution is -0.137. The third kappa shape index (κ3) is 4.85. The summed E-state index contributed by atoms with van der Waals surface area (Å²) in [4.78, 5) is 27.4. The number of urea groups is 1. The molecule has 5 nitrogen and oxygen atoms in total. The summed E-state index contributed by atoms with van der Waals surface area (Å²) in [5.74, 6) is -0.980. The molecule has 0 aromatic carbocycles. The number of carbonyl (C=O) groups is 2. The summed E-state index contributed by atoms with van der Waals surface area (Å²) in [6.45, 7) is 4.11. The van der Waals surface area contributed by atoms with Crippen molar-refractivity contribution in [2.75, 3.05) is 20.1 Å². The molecule has 1 unspecified atom stereocenters. The lowest BCUT2D eigenvalue weighted by atomic mass is 10.2. The second-order valence-electron chi connectivity index (χ2n) is 4.84. The molecule has 6 heteroatoms. The maximum atomic E-state index is 12.3. The average Bonchev–Trinajstić information content (AvgIpc) is 2.88. The van der Waals surface area contributed by atoms with Gasteiger partial charge in [0, 0.05) is 30.9 Å². The fourth-order valence-electron chi connectivity index (χ4n) is 1.94. The number of hydrogen-bond acceptors (Lipinski definition) is 3. The first-order chi connectivity index (χ1) is 9.45. The van der Waals surface area contributed by atoms with Crippen molar-refractivity contribution in [1.82, 2.24) is 9.80 Å². The Bertz CT molecular complexity index is 434. The van der Waals surface area contributed by atoms with Crippen LogP contribution in [-0.2, 0) is 11.2 Å². The van der Waals surface area contributed by atoms with Crippen LogP contribution in [0.25, 0.3) is 0 Å². The molecule has 1 aromatic heterocycles. The molecule has 0 spiro atoms. The number of carboxylic acids is 1. The molecule has 0 bridgehead atoms. The molecule has 112 valence electrons. The number of thiophene rings is 1. The van der Waals surface area contributed by atoms with Crippen molar-refractivity contribution in [3.8, 4) is 0 Å². The zero-order valence-electron chi connectivity index (χ0n) is 12.2. The molecular weight excluding hydrogens is 276 g/mol. The Labute approximate surface area is 123 Å². The van der Waals surface area contributed by atoms with Crippen LogP contribution in [0.1, 0.15) is 25.1 Å². The molecule has 0 radical (unpaired) electrons. The Morgan fingerprint density at radius 2 is 2.15 bits per heavy atom. The first-order valence-electron chi connectivity index (χ1n) is 6.71. The zero-order chi connectivity index (χ0) is 15.1. The van der Waals surface area contributed by atoms with Gasteiger partial charge in [-0.25, -0.2) is 4.79 Å². The number of hydrogen-bond donors (Lipinski definition) is 1. The fraction of sp³-hybridized carbons (Fsp3) is 0.571. The van der Waals surface area contributed by atoms with Gasteiger partial charge in [0.05, 0.1) is 0 Å². The molecule has 1 rings (SSSR count). The van der Waals surface area contributed by atoms with E-state index >= 15 is 0 Å². The molecule has 2 amide bonds. The van der Waals surface area contributed by atoms with E-state index in [2.05, 4.69) is 0 Å². The van der Waals surface area contributed by atoms with Crippen LogP contribution in [0.3, 0.4) is 0 Å². The maximum Gasteiger partial charge on any atom is 0.323 e. The number of amides is 2. The van der Waals surface area contributed by atoms with Gasteiger partial charge in [0.2, 0.25) is 0 Å². The summed E-state index contributed by atoms with van der Waals surface area (Å²) in [6, 6.07) is 3.84. The topological polar surface area (TPSA) is 60.9 Å². The standard InChI is InChI=1S/C14H22N2O3S/c1-4-7-16(10-13(17)18)14(19)15(3)11(2)9-12-6-5-8-20-12/h5-6,8,11H,4,7,9-10H2,1-3H3,(H,17,18). The van der Waals surface area contributed by atoms with Gasteiger partial charge in [-0.2, -0.15) is 0 Å². The highest BCUT2D eigenvalue weighted by Crippen LogP contribution is 2.14. The van der Waals surface area contributed by atoms with Gasteiger partial charge < -0.3 is 14.9 Å². The molecule has 0 aliphatic heterocycles. The van der Waals surface area contributed by atoms with Crippen molar-refractivity contribution in [3.63, 3.8) is 0 Å². The predicted molar refractivity (Wildman–Crippen MR) is 80.1 cm³/mol. The summed E-state index contributed by atoms with van der Waals surface area (Å²) in [7, 11) is 1.73. The second kappa shape index (κ2) is 7.89. The normalized spacial score (nSPS) is 11.9. The smallest absolute Gasteiger partial charge is 0.323 e. The van der Waals surface area contributed by atoms with E-state index in [0.717, 1.165) is 12.8 Å². The average molecular weight is 298 g/mol. The SMILES string of the molecule is CCCN(CC(=O)O)C(=O)N(C)C(C)Cc1cccs1. The monoisotopic (exact) mass is 298 g/mol. The van der Waals surface area contributed by atoms with Gasteiger partial charge in [0.15, 0.2) is 0 Å². The molecule has 0 fully saturated rings. The highest BCUT2D eigenvalue weighted by molar-refractivity contribution is 7.09. The van der Waals surface area contributed by atoms with E-state index in [1.54, 1.807) is 23.3 Å². The molecule has 0 saturated heterocycles. The van der Waals surface area contributed by atoms with Gasteiger partial charge in [-0.3, -0.25) is 4.79 Å². The molecule has 20 heavy (non-hydrogen) atoms. The van der Waals surface area contributed by atoms with Crippen LogP contribution in [0.15, 0.2) is 17.5 Å². The summed E-state index contributed by atoms with van der Waals surface area (Å²) >= 11 is 1.66. The second-order valence-corrected chi connectivity index (χ2v) is 5.87. The molecule has 0 aliphatic rings. The van der Waals surface area contributed by atoms with Crippen molar-refractivity contribution in [2.24, 2.45) is 0 Å². The Morgan fingerprint density at radius 3 is 2.65 bits per heavy atom. The minimum absolute atomic E-state index is 0.0364. The summed E-state index contributed by atoms with van der Waals surface area (Å²) in [5, 5.41) is 10.9. The molecule has 1 atom stereocenters. The van der Waals surface area contributed by atoms with E-state index in [4.69, 9.17) is 5.11 Å². The number of carbonyl (C=O) groups excluding carboxylic acids is 1. The molecule has 0 aliphatic carbocycles. The maximum absolute atomic E-state index is 12.3. The largest absolute Gasteiger partial charge is 0.480 e. The van der Waals surface area contributed by atoms with Crippen LogP contribution in [0.2, 0.25) is 0 Å². The van der Waals surface area contributed by atoms with E-state index in [9.17, 15) is 9.59 Å². The predicted octanol–water partition coefficient (Wildman–Crippen LogP) is 2.53. The van der Waals surface area contributed by atoms with E-state index in [1.807, 2.05) is 31.4 Å². The quantitative estimate of drug-likeness (QED) is 0.841. The number of rotatable bonds is 7. The molecule has 0 saturated carbocycles. The Morgan fingerprint density at radius 1 is 1.45 bits per heavy atom. The van der Waals surface area contributed by atoms with Gasteiger partial charge >= 0.3 is 12.0 Å². The highest BCUT2D eigenvalue weighted by Gasteiger charge is 2.23. The van der Waals surface area contributed by atoms with E-state index < -0.39 is 5.97 Å². The van der Waals surface area contributed by atoms with Crippen LogP contribution in [0.5, 0.6) is 0 Å². The first-order valence-corrected chi connectivity index (χ1v) is 7.59. The number of aliphatic carboxylic acids is 1. The lowest BCUT2D eigenvalue weighted by Crippen LogP contribution is -2.47. The van der Waals surface area contributed by atoms with Crippen molar-refractivity contribution in [2.45, 2.75) is 32.7 Å². The molecule has 1 aromatic rings. The Balaban J connectivity index is 2.64. The highest BCUT2D eigenvalue weighted by atomic mass is 32.1. The van der Waals surface area contributed by atoms with Crippen LogP contribution in [0.4, 0.5) is 4.79 Å². The van der Waals surface area contributed by atoms with Crippen molar-refractivity contribution in [3.05, 3.63) is 22.4 Å². The van der Waals surface area contributed by atoms with Crippen LogP contribution < -0.4 is 0 Å². The van der Waals surface area contributed by atoms with Crippen molar-refractivity contribution in [1.29, 1.82) is 0 Å². The fourth-order valence-corrected chi connectivity index (χ4v) is 2.77. The number of nitrogens with zero attached hydrogens (tertiary/aromatic N) is 2. The van der Waals surface area contributed by atoms with E-state index in [-0.39, 0.29) is 18.6 Å². The summed E-state index contributed by atoms with van der Waals surface area (Å²) in [6.07, 6.45) is 1.53. The van der Waals surface area contributed by atoms with E-state index in [0.29, 0.717) is 6.54 Å². The van der Waals surface area contributed by atoms with Crippen molar-refractivity contribution >= 4 is 23.3 Å². The minimum atomic E-state index is -0.980. The third-order valence-corrected chi connectivity index (χ3v) is 4.03. The van der Waals surface area contributed by atoms with Gasteiger partial charge in [-0.1, -0.05) is 13.0 Å². The van der Waals surface area contributed by atoms with Crippen LogP contribution in [-0.4, -0.2) is 53.1 Å². The van der Waals surface area contributed by atoms with Gasteiger partial charge in [0.25, 0.3) is 0 Å². The lowest BCUT2D eigenvalue weighted by Gasteiger charge is -2.30. The molecule has 1 heterocycles. The van der Waals surface area contributed by atoms with Gasteiger partial charge in [-0.05, 0) is 24.8 Å².